The number of carbonyl (C=O) groups is 1. The first-order chi connectivity index (χ1) is 10.9. The van der Waals surface area contributed by atoms with Crippen LogP contribution in [0.2, 0.25) is 5.02 Å². The van der Waals surface area contributed by atoms with Crippen molar-refractivity contribution >= 4 is 33.2 Å². The maximum atomic E-state index is 12.6. The Labute approximate surface area is 139 Å². The van der Waals surface area contributed by atoms with E-state index in [-0.39, 0.29) is 12.5 Å². The minimum absolute atomic E-state index is 0.0671. The molecule has 2 aliphatic rings. The summed E-state index contributed by atoms with van der Waals surface area (Å²) >= 11 is 5.95. The van der Waals surface area contributed by atoms with E-state index < -0.39 is 16.1 Å². The number of benzene rings is 1. The number of rotatable bonds is 2. The largest absolute Gasteiger partial charge is 0.476 e. The average molecular weight is 361 g/mol. The van der Waals surface area contributed by atoms with E-state index in [9.17, 15) is 13.2 Å². The van der Waals surface area contributed by atoms with E-state index in [1.54, 1.807) is 17.0 Å². The molecule has 23 heavy (non-hydrogen) atoms. The predicted molar refractivity (Wildman–Crippen MR) is 85.5 cm³/mol. The summed E-state index contributed by atoms with van der Waals surface area (Å²) in [7, 11) is -3.55. The molecule has 1 aromatic rings. The summed E-state index contributed by atoms with van der Waals surface area (Å²) in [5.74, 6) is 0.0974. The van der Waals surface area contributed by atoms with Crippen molar-refractivity contribution in [3.05, 3.63) is 23.2 Å². The van der Waals surface area contributed by atoms with Crippen molar-refractivity contribution < 1.29 is 22.7 Å². The maximum absolute atomic E-state index is 12.6. The minimum Gasteiger partial charge on any atom is -0.476 e. The molecule has 0 saturated carbocycles. The molecule has 3 rings (SSSR count). The van der Waals surface area contributed by atoms with E-state index in [0.717, 1.165) is 6.26 Å². The molecule has 1 atom stereocenters. The van der Waals surface area contributed by atoms with Crippen LogP contribution in [-0.4, -0.2) is 64.4 Å². The van der Waals surface area contributed by atoms with Crippen molar-refractivity contribution in [1.29, 1.82) is 0 Å². The molecular formula is C14H17ClN2O5S. The Morgan fingerprint density at radius 3 is 2.65 bits per heavy atom. The second kappa shape index (κ2) is 6.18. The third-order valence-corrected chi connectivity index (χ3v) is 5.17. The highest BCUT2D eigenvalue weighted by Gasteiger charge is 2.37. The van der Waals surface area contributed by atoms with Crippen LogP contribution in [0.5, 0.6) is 5.75 Å². The van der Waals surface area contributed by atoms with Gasteiger partial charge in [0.25, 0.3) is 5.91 Å². The van der Waals surface area contributed by atoms with Crippen LogP contribution in [0.4, 0.5) is 5.69 Å². The number of fused-ring (bicyclic) bond motifs is 1. The van der Waals surface area contributed by atoms with Crippen molar-refractivity contribution in [3.8, 4) is 5.75 Å². The zero-order valence-corrected chi connectivity index (χ0v) is 14.1. The van der Waals surface area contributed by atoms with E-state index in [1.165, 1.54) is 10.4 Å². The maximum Gasteiger partial charge on any atom is 0.265 e. The van der Waals surface area contributed by atoms with Crippen LogP contribution in [0.1, 0.15) is 0 Å². The lowest BCUT2D eigenvalue weighted by Gasteiger charge is -2.37. The molecule has 0 radical (unpaired) electrons. The number of hydrogen-bond acceptors (Lipinski definition) is 5. The summed E-state index contributed by atoms with van der Waals surface area (Å²) in [6.07, 6.45) is 0.218. The summed E-state index contributed by atoms with van der Waals surface area (Å²) < 4.78 is 36.3. The van der Waals surface area contributed by atoms with Gasteiger partial charge in [0.1, 0.15) is 5.75 Å². The fourth-order valence-electron chi connectivity index (χ4n) is 2.65. The molecule has 1 fully saturated rings. The first-order valence-electron chi connectivity index (χ1n) is 7.17. The highest BCUT2D eigenvalue weighted by molar-refractivity contribution is 7.92. The van der Waals surface area contributed by atoms with Crippen molar-refractivity contribution in [2.75, 3.05) is 43.4 Å². The van der Waals surface area contributed by atoms with Gasteiger partial charge in [-0.1, -0.05) is 11.6 Å². The molecule has 1 saturated heterocycles. The lowest BCUT2D eigenvalue weighted by molar-refractivity contribution is -0.142. The number of nitrogens with zero attached hydrogens (tertiary/aromatic N) is 2. The first-order valence-corrected chi connectivity index (χ1v) is 9.39. The highest BCUT2D eigenvalue weighted by atomic mass is 35.5. The van der Waals surface area contributed by atoms with Gasteiger partial charge in [-0.15, -0.1) is 0 Å². The lowest BCUT2D eigenvalue weighted by atomic mass is 10.2. The van der Waals surface area contributed by atoms with Gasteiger partial charge in [0, 0.05) is 18.1 Å². The van der Waals surface area contributed by atoms with Gasteiger partial charge >= 0.3 is 0 Å². The zero-order valence-electron chi connectivity index (χ0n) is 12.6. The van der Waals surface area contributed by atoms with Crippen molar-refractivity contribution in [1.82, 2.24) is 4.90 Å². The highest BCUT2D eigenvalue weighted by Crippen LogP contribution is 2.37. The average Bonchev–Trinajstić information content (AvgIpc) is 2.53. The lowest BCUT2D eigenvalue weighted by Crippen LogP contribution is -2.53. The number of ether oxygens (including phenoxy) is 2. The Kier molecular flexibility index (Phi) is 4.39. The number of carbonyl (C=O) groups excluding carboxylic acids is 1. The van der Waals surface area contributed by atoms with E-state index in [4.69, 9.17) is 21.1 Å². The Morgan fingerprint density at radius 2 is 2.00 bits per heavy atom. The molecule has 0 spiro atoms. The zero-order chi connectivity index (χ0) is 16.6. The van der Waals surface area contributed by atoms with Gasteiger partial charge in [0.05, 0.1) is 31.7 Å². The van der Waals surface area contributed by atoms with Crippen LogP contribution in [-0.2, 0) is 19.6 Å². The molecule has 7 nitrogen and oxygen atoms in total. The van der Waals surface area contributed by atoms with Gasteiger partial charge in [-0.05, 0) is 18.2 Å². The fourth-order valence-corrected chi connectivity index (χ4v) is 3.73. The standard InChI is InChI=1S/C14H17ClN2O5S/c1-23(19,20)17-9-13(14(18)16-4-6-21-7-5-16)22-12-3-2-10(15)8-11(12)17/h2-3,8,13H,4-7,9H2,1H3/t13-/m1/s1. The normalized spacial score (nSPS) is 21.6. The van der Waals surface area contributed by atoms with Crippen LogP contribution in [0, 0.1) is 0 Å². The number of halogens is 1. The molecule has 1 aromatic carbocycles. The summed E-state index contributed by atoms with van der Waals surface area (Å²) in [6, 6.07) is 4.70. The molecule has 9 heteroatoms. The van der Waals surface area contributed by atoms with Gasteiger partial charge in [-0.3, -0.25) is 9.10 Å². The predicted octanol–water partition coefficient (Wildman–Crippen LogP) is 0.726. The number of hydrogen-bond donors (Lipinski definition) is 0. The van der Waals surface area contributed by atoms with Gasteiger partial charge < -0.3 is 14.4 Å². The van der Waals surface area contributed by atoms with Crippen molar-refractivity contribution in [3.63, 3.8) is 0 Å². The second-order valence-electron chi connectivity index (χ2n) is 5.45. The second-order valence-corrected chi connectivity index (χ2v) is 7.79. The Hall–Kier alpha value is -1.51. The number of amides is 1. The number of sulfonamides is 1. The molecule has 0 unspecified atom stereocenters. The third-order valence-electron chi connectivity index (χ3n) is 3.79. The molecular weight excluding hydrogens is 344 g/mol. The third kappa shape index (κ3) is 3.39. The quantitative estimate of drug-likeness (QED) is 0.777. The topological polar surface area (TPSA) is 76.2 Å². The molecule has 0 aliphatic carbocycles. The summed E-state index contributed by atoms with van der Waals surface area (Å²) in [5.41, 5.74) is 0.353. The molecule has 0 N–H and O–H groups in total. The SMILES string of the molecule is CS(=O)(=O)N1C[C@H](C(=O)N2CCOCC2)Oc2ccc(Cl)cc21. The smallest absolute Gasteiger partial charge is 0.265 e. The van der Waals surface area contributed by atoms with E-state index >= 15 is 0 Å². The molecule has 2 aliphatic heterocycles. The van der Waals surface area contributed by atoms with E-state index in [1.807, 2.05) is 0 Å². The fraction of sp³-hybridized carbons (Fsp3) is 0.500. The first kappa shape index (κ1) is 16.4. The van der Waals surface area contributed by atoms with Crippen LogP contribution >= 0.6 is 11.6 Å². The van der Waals surface area contributed by atoms with Crippen LogP contribution < -0.4 is 9.04 Å². The van der Waals surface area contributed by atoms with Gasteiger partial charge in [-0.2, -0.15) is 0 Å². The molecule has 0 bridgehead atoms. The van der Waals surface area contributed by atoms with Crippen LogP contribution in [0.25, 0.3) is 0 Å². The van der Waals surface area contributed by atoms with Gasteiger partial charge in [-0.25, -0.2) is 8.42 Å². The Balaban J connectivity index is 1.91. The number of morpholine rings is 1. The van der Waals surface area contributed by atoms with Crippen molar-refractivity contribution in [2.45, 2.75) is 6.10 Å². The number of anilines is 1. The van der Waals surface area contributed by atoms with Crippen molar-refractivity contribution in [2.24, 2.45) is 0 Å². The Morgan fingerprint density at radius 1 is 1.30 bits per heavy atom. The molecule has 126 valence electrons. The summed E-state index contributed by atoms with van der Waals surface area (Å²) in [5, 5.41) is 0.402. The van der Waals surface area contributed by atoms with Crippen LogP contribution in [0.3, 0.4) is 0 Å². The molecule has 1 amide bonds. The van der Waals surface area contributed by atoms with E-state index in [0.29, 0.717) is 42.8 Å². The van der Waals surface area contributed by atoms with Gasteiger partial charge in [0.2, 0.25) is 10.0 Å². The Bertz CT molecular complexity index is 718. The minimum atomic E-state index is -3.55. The van der Waals surface area contributed by atoms with Gasteiger partial charge in [0.15, 0.2) is 6.10 Å². The summed E-state index contributed by atoms with van der Waals surface area (Å²) in [4.78, 5) is 14.2. The van der Waals surface area contributed by atoms with Crippen LogP contribution in [0.15, 0.2) is 18.2 Å². The summed E-state index contributed by atoms with van der Waals surface area (Å²) in [6.45, 7) is 1.83. The monoisotopic (exact) mass is 360 g/mol. The van der Waals surface area contributed by atoms with E-state index in [2.05, 4.69) is 0 Å². The molecule has 2 heterocycles. The molecule has 0 aromatic heterocycles.